The van der Waals surface area contributed by atoms with Gasteiger partial charge < -0.3 is 9.67 Å². The van der Waals surface area contributed by atoms with Gasteiger partial charge in [-0.2, -0.15) is 4.72 Å². The van der Waals surface area contributed by atoms with E-state index in [0.717, 1.165) is 0 Å². The van der Waals surface area contributed by atoms with E-state index < -0.39 is 16.1 Å². The van der Waals surface area contributed by atoms with Gasteiger partial charge in [0.05, 0.1) is 12.6 Å². The smallest absolute Gasteiger partial charge is 0.260 e. The van der Waals surface area contributed by atoms with Crippen LogP contribution in [0.2, 0.25) is 0 Å². The highest BCUT2D eigenvalue weighted by Gasteiger charge is 2.23. The van der Waals surface area contributed by atoms with Crippen LogP contribution in [0.3, 0.4) is 0 Å². The molecular weight excluding hydrogens is 290 g/mol. The van der Waals surface area contributed by atoms with Gasteiger partial charge in [-0.3, -0.25) is 0 Å². The number of aliphatic hydroxyl groups is 1. The highest BCUT2D eigenvalue weighted by molar-refractivity contribution is 7.89. The zero-order valence-electron chi connectivity index (χ0n) is 12.0. The van der Waals surface area contributed by atoms with E-state index in [1.165, 1.54) is 6.20 Å². The number of hydrogen-bond donors (Lipinski definition) is 2. The lowest BCUT2D eigenvalue weighted by Crippen LogP contribution is -2.31. The summed E-state index contributed by atoms with van der Waals surface area (Å²) < 4.78 is 29.0. The van der Waals surface area contributed by atoms with E-state index >= 15 is 0 Å². The number of aryl methyl sites for hydroxylation is 2. The summed E-state index contributed by atoms with van der Waals surface area (Å²) in [5.41, 5.74) is 0.704. The second-order valence-corrected chi connectivity index (χ2v) is 6.34. The molecule has 2 N–H and O–H groups in total. The van der Waals surface area contributed by atoms with Crippen molar-refractivity contribution in [3.05, 3.63) is 47.9 Å². The van der Waals surface area contributed by atoms with E-state index in [1.807, 2.05) is 13.0 Å². The van der Waals surface area contributed by atoms with E-state index in [4.69, 9.17) is 0 Å². The summed E-state index contributed by atoms with van der Waals surface area (Å²) >= 11 is 0. The summed E-state index contributed by atoms with van der Waals surface area (Å²) in [4.78, 5) is 4.07. The topological polar surface area (TPSA) is 84.2 Å². The van der Waals surface area contributed by atoms with E-state index in [2.05, 4.69) is 9.71 Å². The quantitative estimate of drug-likeness (QED) is 0.840. The van der Waals surface area contributed by atoms with E-state index in [-0.39, 0.29) is 11.6 Å². The Hall–Kier alpha value is -1.70. The molecule has 0 unspecified atom stereocenters. The molecule has 1 atom stereocenters. The SMILES string of the molecule is CCn1cc(S(=O)(=O)N[C@H](CO)c2ccccc2)nc1C. The Labute approximate surface area is 124 Å². The molecule has 0 saturated heterocycles. The summed E-state index contributed by atoms with van der Waals surface area (Å²) in [6, 6.07) is 8.25. The average molecular weight is 309 g/mol. The van der Waals surface area contributed by atoms with Gasteiger partial charge in [-0.15, -0.1) is 0 Å². The van der Waals surface area contributed by atoms with Crippen molar-refractivity contribution in [2.45, 2.75) is 31.5 Å². The van der Waals surface area contributed by atoms with Crippen molar-refractivity contribution in [3.8, 4) is 0 Å². The fourth-order valence-electron chi connectivity index (χ4n) is 2.07. The van der Waals surface area contributed by atoms with Gasteiger partial charge in [0.2, 0.25) is 0 Å². The Morgan fingerprint density at radius 3 is 2.52 bits per heavy atom. The van der Waals surface area contributed by atoms with Crippen LogP contribution >= 0.6 is 0 Å². The summed E-state index contributed by atoms with van der Waals surface area (Å²) in [5.74, 6) is 0.637. The van der Waals surface area contributed by atoms with Crippen molar-refractivity contribution in [2.75, 3.05) is 6.61 Å². The zero-order valence-corrected chi connectivity index (χ0v) is 12.8. The van der Waals surface area contributed by atoms with Gasteiger partial charge in [0.25, 0.3) is 10.0 Å². The highest BCUT2D eigenvalue weighted by Crippen LogP contribution is 2.16. The molecule has 6 nitrogen and oxygen atoms in total. The third-order valence-corrected chi connectivity index (χ3v) is 4.59. The Balaban J connectivity index is 2.27. The molecule has 21 heavy (non-hydrogen) atoms. The third kappa shape index (κ3) is 3.49. The molecule has 0 bridgehead atoms. The van der Waals surface area contributed by atoms with E-state index in [9.17, 15) is 13.5 Å². The molecule has 0 aliphatic rings. The molecule has 2 rings (SSSR count). The van der Waals surface area contributed by atoms with Gasteiger partial charge in [-0.25, -0.2) is 13.4 Å². The minimum atomic E-state index is -3.77. The molecule has 0 aliphatic heterocycles. The number of imidazole rings is 1. The molecule has 0 fully saturated rings. The third-order valence-electron chi connectivity index (χ3n) is 3.25. The molecule has 0 amide bonds. The van der Waals surface area contributed by atoms with Crippen LogP contribution in [0.4, 0.5) is 0 Å². The molecule has 2 aromatic rings. The summed E-state index contributed by atoms with van der Waals surface area (Å²) in [6.07, 6.45) is 1.50. The summed E-state index contributed by atoms with van der Waals surface area (Å²) in [6.45, 7) is 4.00. The van der Waals surface area contributed by atoms with Crippen LogP contribution in [0.25, 0.3) is 0 Å². The van der Waals surface area contributed by atoms with Gasteiger partial charge in [0, 0.05) is 12.7 Å². The predicted molar refractivity (Wildman–Crippen MR) is 79.2 cm³/mol. The van der Waals surface area contributed by atoms with Crippen molar-refractivity contribution in [3.63, 3.8) is 0 Å². The lowest BCUT2D eigenvalue weighted by Gasteiger charge is -2.15. The highest BCUT2D eigenvalue weighted by atomic mass is 32.2. The van der Waals surface area contributed by atoms with Crippen LogP contribution in [0.1, 0.15) is 24.4 Å². The van der Waals surface area contributed by atoms with Crippen molar-refractivity contribution in [2.24, 2.45) is 0 Å². The van der Waals surface area contributed by atoms with Crippen molar-refractivity contribution >= 4 is 10.0 Å². The number of benzene rings is 1. The zero-order chi connectivity index (χ0) is 15.5. The molecule has 114 valence electrons. The second kappa shape index (κ2) is 6.38. The van der Waals surface area contributed by atoms with Gasteiger partial charge >= 0.3 is 0 Å². The predicted octanol–water partition coefficient (Wildman–Crippen LogP) is 1.22. The van der Waals surface area contributed by atoms with Gasteiger partial charge in [-0.05, 0) is 19.4 Å². The van der Waals surface area contributed by atoms with Crippen LogP contribution in [0, 0.1) is 6.92 Å². The van der Waals surface area contributed by atoms with Crippen LogP contribution in [-0.2, 0) is 16.6 Å². The molecule has 1 aromatic carbocycles. The molecule has 1 heterocycles. The molecular formula is C14H19N3O3S. The Morgan fingerprint density at radius 2 is 2.00 bits per heavy atom. The Morgan fingerprint density at radius 1 is 1.33 bits per heavy atom. The fraction of sp³-hybridized carbons (Fsp3) is 0.357. The average Bonchev–Trinajstić information content (AvgIpc) is 2.87. The first-order chi connectivity index (χ1) is 9.97. The summed E-state index contributed by atoms with van der Waals surface area (Å²) in [7, 11) is -3.77. The van der Waals surface area contributed by atoms with Crippen molar-refractivity contribution < 1.29 is 13.5 Å². The fourth-order valence-corrected chi connectivity index (χ4v) is 3.30. The normalized spacial score (nSPS) is 13.3. The first-order valence-corrected chi connectivity index (χ1v) is 8.18. The first-order valence-electron chi connectivity index (χ1n) is 6.70. The molecule has 7 heteroatoms. The number of aromatic nitrogens is 2. The second-order valence-electron chi connectivity index (χ2n) is 4.68. The number of nitrogens with zero attached hydrogens (tertiary/aromatic N) is 2. The van der Waals surface area contributed by atoms with Gasteiger partial charge in [0.1, 0.15) is 5.82 Å². The monoisotopic (exact) mass is 309 g/mol. The van der Waals surface area contributed by atoms with Gasteiger partial charge in [-0.1, -0.05) is 30.3 Å². The molecule has 0 radical (unpaired) electrons. The van der Waals surface area contributed by atoms with Crippen LogP contribution in [0.15, 0.2) is 41.6 Å². The first kappa shape index (κ1) is 15.7. The van der Waals surface area contributed by atoms with Gasteiger partial charge in [0.15, 0.2) is 5.03 Å². The lowest BCUT2D eigenvalue weighted by molar-refractivity contribution is 0.259. The van der Waals surface area contributed by atoms with Crippen LogP contribution < -0.4 is 4.72 Å². The minimum absolute atomic E-state index is 0.0313. The maximum Gasteiger partial charge on any atom is 0.260 e. The van der Waals surface area contributed by atoms with Crippen molar-refractivity contribution in [1.82, 2.24) is 14.3 Å². The molecule has 0 aliphatic carbocycles. The van der Waals surface area contributed by atoms with Crippen LogP contribution in [-0.4, -0.2) is 29.7 Å². The lowest BCUT2D eigenvalue weighted by atomic mass is 10.1. The van der Waals surface area contributed by atoms with E-state index in [1.54, 1.807) is 35.8 Å². The number of rotatable bonds is 6. The Bertz CT molecular complexity index is 696. The maximum absolute atomic E-state index is 12.4. The largest absolute Gasteiger partial charge is 0.394 e. The molecule has 1 aromatic heterocycles. The number of aliphatic hydroxyl groups excluding tert-OH is 1. The standard InChI is InChI=1S/C14H19N3O3S/c1-3-17-9-14(15-11(17)2)21(19,20)16-13(10-18)12-7-5-4-6-8-12/h4-9,13,16,18H,3,10H2,1-2H3/t13-/m1/s1. The number of nitrogens with one attached hydrogen (secondary N) is 1. The van der Waals surface area contributed by atoms with Crippen LogP contribution in [0.5, 0.6) is 0 Å². The van der Waals surface area contributed by atoms with E-state index in [0.29, 0.717) is 17.9 Å². The molecule has 0 saturated carbocycles. The maximum atomic E-state index is 12.4. The number of hydrogen-bond acceptors (Lipinski definition) is 4. The Kier molecular flexibility index (Phi) is 4.76. The number of sulfonamides is 1. The summed E-state index contributed by atoms with van der Waals surface area (Å²) in [5, 5.41) is 9.41. The van der Waals surface area contributed by atoms with Crippen molar-refractivity contribution in [1.29, 1.82) is 0 Å². The molecule has 0 spiro atoms. The minimum Gasteiger partial charge on any atom is -0.394 e.